The van der Waals surface area contributed by atoms with Crippen molar-refractivity contribution >= 4 is 51.8 Å². The number of hydrogen-bond acceptors (Lipinski definition) is 5. The Morgan fingerprint density at radius 1 is 1.42 bits per heavy atom. The molecule has 1 aromatic carbocycles. The summed E-state index contributed by atoms with van der Waals surface area (Å²) >= 11 is 18.5. The van der Waals surface area contributed by atoms with E-state index < -0.39 is 4.92 Å². The summed E-state index contributed by atoms with van der Waals surface area (Å²) in [4.78, 5) is 14.7. The van der Waals surface area contributed by atoms with Gasteiger partial charge in [-0.15, -0.1) is 11.6 Å². The first-order chi connectivity index (χ1) is 9.01. The molecular weight excluding hydrogens is 335 g/mol. The lowest BCUT2D eigenvalue weighted by atomic mass is 10.3. The average molecular weight is 340 g/mol. The summed E-state index contributed by atoms with van der Waals surface area (Å²) in [5.74, 6) is 0.352. The normalized spacial score (nSPS) is 10.5. The van der Waals surface area contributed by atoms with Gasteiger partial charge in [-0.1, -0.05) is 34.5 Å². The lowest BCUT2D eigenvalue weighted by Crippen LogP contribution is -1.90. The maximum absolute atomic E-state index is 10.7. The molecular formula is C10H5Cl3N2O3S. The number of ether oxygens (including phenoxy) is 1. The highest BCUT2D eigenvalue weighted by Crippen LogP contribution is 2.37. The molecule has 2 aromatic rings. The van der Waals surface area contributed by atoms with Crippen molar-refractivity contribution in [3.8, 4) is 10.9 Å². The SMILES string of the molecule is O=[N+]([O-])c1ccc(Cl)c(Oc2nc(Cl)c(CCl)s2)c1. The Labute approximate surface area is 126 Å². The van der Waals surface area contributed by atoms with Crippen molar-refractivity contribution in [3.63, 3.8) is 0 Å². The predicted octanol–water partition coefficient (Wildman–Crippen LogP) is 4.89. The molecule has 2 rings (SSSR count). The van der Waals surface area contributed by atoms with Crippen LogP contribution in [0.15, 0.2) is 18.2 Å². The van der Waals surface area contributed by atoms with E-state index in [1.807, 2.05) is 0 Å². The van der Waals surface area contributed by atoms with Crippen LogP contribution in [0, 0.1) is 10.1 Å². The number of nitro groups is 1. The van der Waals surface area contributed by atoms with Gasteiger partial charge in [0.15, 0.2) is 5.75 Å². The van der Waals surface area contributed by atoms with E-state index in [0.717, 1.165) is 11.3 Å². The highest BCUT2D eigenvalue weighted by Gasteiger charge is 2.15. The van der Waals surface area contributed by atoms with Crippen LogP contribution in [0.3, 0.4) is 0 Å². The van der Waals surface area contributed by atoms with Crippen molar-refractivity contribution in [2.45, 2.75) is 5.88 Å². The summed E-state index contributed by atoms with van der Waals surface area (Å²) in [6.07, 6.45) is 0. The lowest BCUT2D eigenvalue weighted by Gasteiger charge is -2.03. The van der Waals surface area contributed by atoms with Crippen LogP contribution in [-0.4, -0.2) is 9.91 Å². The second-order valence-corrected chi connectivity index (χ2v) is 5.38. The predicted molar refractivity (Wildman–Crippen MR) is 74.9 cm³/mol. The van der Waals surface area contributed by atoms with Crippen molar-refractivity contribution in [1.82, 2.24) is 4.98 Å². The fourth-order valence-corrected chi connectivity index (χ4v) is 2.70. The molecule has 9 heteroatoms. The third-order valence-electron chi connectivity index (χ3n) is 2.07. The van der Waals surface area contributed by atoms with E-state index in [1.54, 1.807) is 0 Å². The third kappa shape index (κ3) is 3.27. The number of rotatable bonds is 4. The first-order valence-electron chi connectivity index (χ1n) is 4.84. The summed E-state index contributed by atoms with van der Waals surface area (Å²) in [6, 6.07) is 3.89. The molecule has 0 saturated carbocycles. The zero-order valence-electron chi connectivity index (χ0n) is 9.10. The van der Waals surface area contributed by atoms with Crippen LogP contribution in [0.1, 0.15) is 4.88 Å². The van der Waals surface area contributed by atoms with Gasteiger partial charge in [0.25, 0.3) is 10.9 Å². The van der Waals surface area contributed by atoms with Crippen LogP contribution >= 0.6 is 46.1 Å². The summed E-state index contributed by atoms with van der Waals surface area (Å²) in [5.41, 5.74) is -0.125. The molecule has 0 spiro atoms. The van der Waals surface area contributed by atoms with E-state index >= 15 is 0 Å². The number of non-ortho nitro benzene ring substituents is 1. The zero-order valence-corrected chi connectivity index (χ0v) is 12.2. The van der Waals surface area contributed by atoms with Crippen molar-refractivity contribution in [1.29, 1.82) is 0 Å². The number of nitrogens with zero attached hydrogens (tertiary/aromatic N) is 2. The topological polar surface area (TPSA) is 65.3 Å². The molecule has 0 aliphatic heterocycles. The molecule has 0 fully saturated rings. The molecule has 0 radical (unpaired) electrons. The first kappa shape index (κ1) is 14.3. The average Bonchev–Trinajstić information content (AvgIpc) is 2.72. The minimum Gasteiger partial charge on any atom is -0.429 e. The van der Waals surface area contributed by atoms with Crippen LogP contribution in [0.4, 0.5) is 5.69 Å². The molecule has 0 N–H and O–H groups in total. The van der Waals surface area contributed by atoms with E-state index in [-0.39, 0.29) is 32.7 Å². The van der Waals surface area contributed by atoms with Crippen molar-refractivity contribution in [2.75, 3.05) is 0 Å². The van der Waals surface area contributed by atoms with Crippen LogP contribution in [0.25, 0.3) is 0 Å². The molecule has 0 bridgehead atoms. The highest BCUT2D eigenvalue weighted by atomic mass is 35.5. The van der Waals surface area contributed by atoms with Gasteiger partial charge in [0.2, 0.25) is 0 Å². The maximum Gasteiger partial charge on any atom is 0.280 e. The van der Waals surface area contributed by atoms with Gasteiger partial charge < -0.3 is 4.74 Å². The minimum absolute atomic E-state index is 0.125. The van der Waals surface area contributed by atoms with Gasteiger partial charge in [-0.05, 0) is 6.07 Å². The van der Waals surface area contributed by atoms with E-state index in [2.05, 4.69) is 4.98 Å². The Kier molecular flexibility index (Phi) is 4.46. The van der Waals surface area contributed by atoms with E-state index in [4.69, 9.17) is 39.5 Å². The summed E-state index contributed by atoms with van der Waals surface area (Å²) in [6.45, 7) is 0. The third-order valence-corrected chi connectivity index (χ3v) is 4.17. The van der Waals surface area contributed by atoms with Gasteiger partial charge in [0.1, 0.15) is 5.15 Å². The van der Waals surface area contributed by atoms with Gasteiger partial charge in [-0.25, -0.2) is 0 Å². The minimum atomic E-state index is -0.539. The van der Waals surface area contributed by atoms with Crippen molar-refractivity contribution < 1.29 is 9.66 Å². The maximum atomic E-state index is 10.7. The molecule has 5 nitrogen and oxygen atoms in total. The van der Waals surface area contributed by atoms with Crippen LogP contribution < -0.4 is 4.74 Å². The standard InChI is InChI=1S/C10H5Cl3N2O3S/c11-4-8-9(13)14-10(19-8)18-7-3-5(15(16)17)1-2-6(7)12/h1-3H,4H2. The second-order valence-electron chi connectivity index (χ2n) is 3.30. The molecule has 0 saturated heterocycles. The van der Waals surface area contributed by atoms with Crippen molar-refractivity contribution in [2.24, 2.45) is 0 Å². The fourth-order valence-electron chi connectivity index (χ4n) is 1.22. The van der Waals surface area contributed by atoms with Gasteiger partial charge in [0, 0.05) is 6.07 Å². The number of thiazole rings is 1. The number of halogens is 3. The zero-order chi connectivity index (χ0) is 14.0. The molecule has 100 valence electrons. The fraction of sp³-hybridized carbons (Fsp3) is 0.100. The molecule has 0 aliphatic rings. The number of hydrogen-bond donors (Lipinski definition) is 0. The number of alkyl halides is 1. The van der Waals surface area contributed by atoms with Crippen LogP contribution in [0.5, 0.6) is 10.9 Å². The van der Waals surface area contributed by atoms with Gasteiger partial charge in [-0.2, -0.15) is 4.98 Å². The van der Waals surface area contributed by atoms with E-state index in [0.29, 0.717) is 4.88 Å². The first-order valence-corrected chi connectivity index (χ1v) is 6.95. The highest BCUT2D eigenvalue weighted by molar-refractivity contribution is 7.14. The van der Waals surface area contributed by atoms with Gasteiger partial charge in [0.05, 0.1) is 26.8 Å². The molecule has 0 amide bonds. The Morgan fingerprint density at radius 2 is 2.16 bits per heavy atom. The molecule has 0 unspecified atom stereocenters. The lowest BCUT2D eigenvalue weighted by molar-refractivity contribution is -0.384. The van der Waals surface area contributed by atoms with Gasteiger partial charge >= 0.3 is 0 Å². The molecule has 0 atom stereocenters. The van der Waals surface area contributed by atoms with E-state index in [1.165, 1.54) is 18.2 Å². The molecule has 1 aromatic heterocycles. The van der Waals surface area contributed by atoms with Gasteiger partial charge in [-0.3, -0.25) is 10.1 Å². The number of benzene rings is 1. The molecule has 19 heavy (non-hydrogen) atoms. The summed E-state index contributed by atoms with van der Waals surface area (Å²) < 4.78 is 5.39. The quantitative estimate of drug-likeness (QED) is 0.452. The smallest absolute Gasteiger partial charge is 0.280 e. The monoisotopic (exact) mass is 338 g/mol. The van der Waals surface area contributed by atoms with E-state index in [9.17, 15) is 10.1 Å². The second kappa shape index (κ2) is 5.92. The number of aromatic nitrogens is 1. The summed E-state index contributed by atoms with van der Waals surface area (Å²) in [7, 11) is 0. The van der Waals surface area contributed by atoms with Crippen LogP contribution in [0.2, 0.25) is 10.2 Å². The molecule has 0 aliphatic carbocycles. The van der Waals surface area contributed by atoms with Crippen molar-refractivity contribution in [3.05, 3.63) is 43.4 Å². The Bertz CT molecular complexity index is 632. The molecule has 1 heterocycles. The largest absolute Gasteiger partial charge is 0.429 e. The Hall–Kier alpha value is -1.08. The number of nitro benzene ring substituents is 1. The Balaban J connectivity index is 2.31. The summed E-state index contributed by atoms with van der Waals surface area (Å²) in [5, 5.41) is 11.4. The van der Waals surface area contributed by atoms with Crippen LogP contribution in [-0.2, 0) is 5.88 Å². The Morgan fingerprint density at radius 3 is 2.74 bits per heavy atom.